The molecule has 0 aliphatic carbocycles. The molecule has 0 radical (unpaired) electrons. The van der Waals surface area contributed by atoms with E-state index in [2.05, 4.69) is 18.0 Å². The summed E-state index contributed by atoms with van der Waals surface area (Å²) >= 11 is 0. The summed E-state index contributed by atoms with van der Waals surface area (Å²) < 4.78 is 6.86. The van der Waals surface area contributed by atoms with Crippen LogP contribution in [0.15, 0.2) is 42.7 Å². The third-order valence-electron chi connectivity index (χ3n) is 3.74. The lowest BCUT2D eigenvalue weighted by molar-refractivity contribution is 0.0600. The van der Waals surface area contributed by atoms with Gasteiger partial charge in [-0.15, -0.1) is 0 Å². The van der Waals surface area contributed by atoms with E-state index in [1.54, 1.807) is 12.4 Å². The van der Waals surface area contributed by atoms with Crippen molar-refractivity contribution in [1.29, 1.82) is 0 Å². The van der Waals surface area contributed by atoms with Crippen LogP contribution in [-0.4, -0.2) is 22.6 Å². The lowest BCUT2D eigenvalue weighted by atomic mass is 10.1. The van der Waals surface area contributed by atoms with Crippen LogP contribution in [0.1, 0.15) is 21.5 Å². The second-order valence-corrected chi connectivity index (χ2v) is 5.00. The lowest BCUT2D eigenvalue weighted by Gasteiger charge is -2.12. The molecule has 1 aromatic heterocycles. The van der Waals surface area contributed by atoms with E-state index in [1.807, 2.05) is 35.8 Å². The standard InChI is InChI=1S/C17H16N2O2/c1-11-6-4-8-14-16(11)19(10-18-14)15-9-5-7-13(12(15)2)17(20)21-3/h4-10H,1-3H3. The summed E-state index contributed by atoms with van der Waals surface area (Å²) in [7, 11) is 1.39. The van der Waals surface area contributed by atoms with Crippen LogP contribution in [0.2, 0.25) is 0 Å². The molecule has 0 unspecified atom stereocenters. The average Bonchev–Trinajstić information content (AvgIpc) is 2.92. The predicted molar refractivity (Wildman–Crippen MR) is 81.9 cm³/mol. The van der Waals surface area contributed by atoms with Gasteiger partial charge in [-0.05, 0) is 43.2 Å². The first-order valence-electron chi connectivity index (χ1n) is 6.74. The Morgan fingerprint density at radius 2 is 1.90 bits per heavy atom. The molecule has 0 atom stereocenters. The summed E-state index contributed by atoms with van der Waals surface area (Å²) in [6.07, 6.45) is 1.79. The van der Waals surface area contributed by atoms with Crippen LogP contribution in [0.4, 0.5) is 0 Å². The summed E-state index contributed by atoms with van der Waals surface area (Å²) in [5, 5.41) is 0. The van der Waals surface area contributed by atoms with Crippen LogP contribution >= 0.6 is 0 Å². The fraction of sp³-hybridized carbons (Fsp3) is 0.176. The lowest BCUT2D eigenvalue weighted by Crippen LogP contribution is -2.07. The minimum absolute atomic E-state index is 0.324. The van der Waals surface area contributed by atoms with Gasteiger partial charge in [0.1, 0.15) is 6.33 Å². The van der Waals surface area contributed by atoms with Crippen molar-refractivity contribution < 1.29 is 9.53 Å². The zero-order valence-corrected chi connectivity index (χ0v) is 12.3. The van der Waals surface area contributed by atoms with Crippen molar-refractivity contribution in [2.24, 2.45) is 0 Å². The number of hydrogen-bond acceptors (Lipinski definition) is 3. The molecule has 2 aromatic carbocycles. The highest BCUT2D eigenvalue weighted by Gasteiger charge is 2.15. The summed E-state index contributed by atoms with van der Waals surface area (Å²) in [5.74, 6) is -0.324. The number of carbonyl (C=O) groups is 1. The number of methoxy groups -OCH3 is 1. The Balaban J connectivity index is 2.27. The van der Waals surface area contributed by atoms with E-state index in [0.29, 0.717) is 5.56 Å². The quantitative estimate of drug-likeness (QED) is 0.675. The van der Waals surface area contributed by atoms with E-state index in [9.17, 15) is 4.79 Å². The number of aromatic nitrogens is 2. The van der Waals surface area contributed by atoms with Gasteiger partial charge in [-0.25, -0.2) is 9.78 Å². The smallest absolute Gasteiger partial charge is 0.338 e. The van der Waals surface area contributed by atoms with Crippen molar-refractivity contribution >= 4 is 17.0 Å². The number of hydrogen-bond donors (Lipinski definition) is 0. The van der Waals surface area contributed by atoms with Crippen molar-refractivity contribution in [3.63, 3.8) is 0 Å². The molecule has 3 rings (SSSR count). The van der Waals surface area contributed by atoms with E-state index in [0.717, 1.165) is 27.8 Å². The number of benzene rings is 2. The molecule has 1 heterocycles. The van der Waals surface area contributed by atoms with Gasteiger partial charge in [0.05, 0.1) is 29.4 Å². The highest BCUT2D eigenvalue weighted by Crippen LogP contribution is 2.25. The van der Waals surface area contributed by atoms with Crippen molar-refractivity contribution in [3.8, 4) is 5.69 Å². The molecule has 3 aromatic rings. The van der Waals surface area contributed by atoms with Gasteiger partial charge in [-0.2, -0.15) is 0 Å². The van der Waals surface area contributed by atoms with E-state index in [-0.39, 0.29) is 5.97 Å². The largest absolute Gasteiger partial charge is 0.465 e. The molecule has 0 saturated heterocycles. The van der Waals surface area contributed by atoms with E-state index < -0.39 is 0 Å². The Hall–Kier alpha value is -2.62. The maximum atomic E-state index is 11.8. The second kappa shape index (κ2) is 5.05. The first-order chi connectivity index (χ1) is 10.1. The molecule has 0 fully saturated rings. The number of aryl methyl sites for hydroxylation is 1. The zero-order valence-electron chi connectivity index (χ0n) is 12.3. The molecule has 0 bridgehead atoms. The number of rotatable bonds is 2. The number of esters is 1. The van der Waals surface area contributed by atoms with Gasteiger partial charge in [-0.1, -0.05) is 18.2 Å². The van der Waals surface area contributed by atoms with Gasteiger partial charge < -0.3 is 4.74 Å². The van der Waals surface area contributed by atoms with Crippen molar-refractivity contribution in [2.75, 3.05) is 7.11 Å². The van der Waals surface area contributed by atoms with Crippen LogP contribution in [-0.2, 0) is 4.74 Å². The van der Waals surface area contributed by atoms with Crippen LogP contribution in [0, 0.1) is 13.8 Å². The van der Waals surface area contributed by atoms with Gasteiger partial charge in [-0.3, -0.25) is 4.57 Å². The Morgan fingerprint density at radius 3 is 2.67 bits per heavy atom. The van der Waals surface area contributed by atoms with E-state index >= 15 is 0 Å². The Kier molecular flexibility index (Phi) is 3.22. The number of nitrogens with zero attached hydrogens (tertiary/aromatic N) is 2. The van der Waals surface area contributed by atoms with Gasteiger partial charge >= 0.3 is 5.97 Å². The number of carbonyl (C=O) groups excluding carboxylic acids is 1. The van der Waals surface area contributed by atoms with Gasteiger partial charge in [0.25, 0.3) is 0 Å². The summed E-state index contributed by atoms with van der Waals surface area (Å²) in [6.45, 7) is 3.98. The van der Waals surface area contributed by atoms with Gasteiger partial charge in [0.2, 0.25) is 0 Å². The number of para-hydroxylation sites is 1. The van der Waals surface area contributed by atoms with Gasteiger partial charge in [0.15, 0.2) is 0 Å². The molecule has 106 valence electrons. The van der Waals surface area contributed by atoms with Crippen molar-refractivity contribution in [2.45, 2.75) is 13.8 Å². The molecule has 0 aliphatic rings. The Bertz CT molecular complexity index is 834. The molecule has 0 amide bonds. The first-order valence-corrected chi connectivity index (χ1v) is 6.74. The van der Waals surface area contributed by atoms with Crippen LogP contribution in [0.3, 0.4) is 0 Å². The van der Waals surface area contributed by atoms with Crippen LogP contribution in [0.5, 0.6) is 0 Å². The third kappa shape index (κ3) is 2.09. The molecule has 0 N–H and O–H groups in total. The maximum absolute atomic E-state index is 11.8. The maximum Gasteiger partial charge on any atom is 0.338 e. The predicted octanol–water partition coefficient (Wildman–Crippen LogP) is 3.43. The summed E-state index contributed by atoms with van der Waals surface area (Å²) in [4.78, 5) is 16.3. The minimum atomic E-state index is -0.324. The molecule has 0 spiro atoms. The summed E-state index contributed by atoms with van der Waals surface area (Å²) in [6, 6.07) is 11.6. The van der Waals surface area contributed by atoms with Gasteiger partial charge in [0, 0.05) is 0 Å². The molecule has 4 nitrogen and oxygen atoms in total. The number of imidazole rings is 1. The fourth-order valence-electron chi connectivity index (χ4n) is 2.64. The normalized spacial score (nSPS) is 10.8. The number of ether oxygens (including phenoxy) is 1. The molecule has 4 heteroatoms. The highest BCUT2D eigenvalue weighted by atomic mass is 16.5. The first kappa shape index (κ1) is 13.4. The fourth-order valence-corrected chi connectivity index (χ4v) is 2.64. The number of fused-ring (bicyclic) bond motifs is 1. The SMILES string of the molecule is COC(=O)c1cccc(-n2cnc3cccc(C)c32)c1C. The van der Waals surface area contributed by atoms with E-state index in [1.165, 1.54) is 7.11 Å². The second-order valence-electron chi connectivity index (χ2n) is 5.00. The minimum Gasteiger partial charge on any atom is -0.465 e. The van der Waals surface area contributed by atoms with Crippen LogP contribution in [0.25, 0.3) is 16.7 Å². The molecular formula is C17H16N2O2. The van der Waals surface area contributed by atoms with E-state index in [4.69, 9.17) is 4.74 Å². The Morgan fingerprint density at radius 1 is 1.14 bits per heavy atom. The zero-order chi connectivity index (χ0) is 15.0. The third-order valence-corrected chi connectivity index (χ3v) is 3.74. The van der Waals surface area contributed by atoms with Crippen molar-refractivity contribution in [3.05, 3.63) is 59.4 Å². The van der Waals surface area contributed by atoms with Crippen LogP contribution < -0.4 is 0 Å². The average molecular weight is 280 g/mol. The molecule has 0 aliphatic heterocycles. The Labute approximate surface area is 123 Å². The van der Waals surface area contributed by atoms with Crippen molar-refractivity contribution in [1.82, 2.24) is 9.55 Å². The topological polar surface area (TPSA) is 44.1 Å². The monoisotopic (exact) mass is 280 g/mol. The molecular weight excluding hydrogens is 264 g/mol. The molecule has 21 heavy (non-hydrogen) atoms. The highest BCUT2D eigenvalue weighted by molar-refractivity contribution is 5.92. The summed E-state index contributed by atoms with van der Waals surface area (Å²) in [5.41, 5.74) is 5.54. The molecule has 0 saturated carbocycles.